The van der Waals surface area contributed by atoms with Crippen LogP contribution in [0.15, 0.2) is 211 Å². The average molecular weight is 759 g/mol. The number of anilines is 3. The van der Waals surface area contributed by atoms with Crippen molar-refractivity contribution in [1.82, 2.24) is 4.57 Å². The van der Waals surface area contributed by atoms with Crippen molar-refractivity contribution >= 4 is 92.3 Å². The number of thiophene rings is 1. The van der Waals surface area contributed by atoms with Gasteiger partial charge in [-0.05, 0) is 76.9 Å². The highest BCUT2D eigenvalue weighted by Gasteiger charge is 2.23. The molecule has 9 aromatic carbocycles. The molecule has 0 radical (unpaired) electrons. The molecule has 0 saturated heterocycles. The molecule has 58 heavy (non-hydrogen) atoms. The Bertz CT molecular complexity index is 3500. The van der Waals surface area contributed by atoms with Crippen LogP contribution in [0.2, 0.25) is 0 Å². The Labute approximate surface area is 338 Å². The van der Waals surface area contributed by atoms with E-state index in [2.05, 4.69) is 210 Å². The molecule has 0 aliphatic heterocycles. The minimum atomic E-state index is 0.870. The molecule has 0 spiro atoms. The molecule has 0 saturated carbocycles. The summed E-state index contributed by atoms with van der Waals surface area (Å²) in [7, 11) is 0. The number of hydrogen-bond donors (Lipinski definition) is 0. The van der Waals surface area contributed by atoms with E-state index in [9.17, 15) is 0 Å². The number of aromatic nitrogens is 1. The molecule has 3 heterocycles. The van der Waals surface area contributed by atoms with Gasteiger partial charge in [-0.2, -0.15) is 0 Å². The molecule has 4 heteroatoms. The van der Waals surface area contributed by atoms with Crippen LogP contribution in [0.25, 0.3) is 91.9 Å². The summed E-state index contributed by atoms with van der Waals surface area (Å²) < 4.78 is 11.6. The lowest BCUT2D eigenvalue weighted by Crippen LogP contribution is -2.10. The van der Waals surface area contributed by atoms with E-state index in [-0.39, 0.29) is 0 Å². The van der Waals surface area contributed by atoms with Crippen LogP contribution in [0.1, 0.15) is 0 Å². The topological polar surface area (TPSA) is 21.3 Å². The molecular formula is C54H34N2OS. The van der Waals surface area contributed by atoms with Crippen molar-refractivity contribution in [2.24, 2.45) is 0 Å². The Morgan fingerprint density at radius 2 is 1.02 bits per heavy atom. The molecule has 0 amide bonds. The summed E-state index contributed by atoms with van der Waals surface area (Å²) in [5.41, 5.74) is 13.3. The van der Waals surface area contributed by atoms with Gasteiger partial charge in [0, 0.05) is 48.4 Å². The molecule has 0 unspecified atom stereocenters. The van der Waals surface area contributed by atoms with Crippen molar-refractivity contribution in [3.63, 3.8) is 0 Å². The zero-order valence-electron chi connectivity index (χ0n) is 31.3. The smallest absolute Gasteiger partial charge is 0.159 e. The minimum absolute atomic E-state index is 0.870. The third kappa shape index (κ3) is 5.05. The van der Waals surface area contributed by atoms with Crippen molar-refractivity contribution in [2.45, 2.75) is 0 Å². The van der Waals surface area contributed by atoms with Gasteiger partial charge in [-0.15, -0.1) is 11.3 Å². The Balaban J connectivity index is 1.05. The second kappa shape index (κ2) is 13.1. The standard InChI is InChI=1S/C54H34N2OS/c1-3-14-36(15-4-1)40-20-11-22-45-46-23-13-26-49(54(46)58-53(40)45)56(48-25-12-21-44-43-19-8-10-27-51(43)57-52(44)48)39-31-28-35(29-32-39)37-30-33-42-41-18-7-9-24-47(41)55(50(42)34-37)38-16-5-2-6-17-38/h1-34H. The number of nitrogens with zero attached hydrogens (tertiary/aromatic N) is 2. The number of fused-ring (bicyclic) bond motifs is 9. The maximum Gasteiger partial charge on any atom is 0.159 e. The number of hydrogen-bond acceptors (Lipinski definition) is 3. The van der Waals surface area contributed by atoms with E-state index in [0.717, 1.165) is 50.3 Å². The maximum absolute atomic E-state index is 6.72. The fraction of sp³-hybridized carbons (Fsp3) is 0. The quantitative estimate of drug-likeness (QED) is 0.168. The van der Waals surface area contributed by atoms with E-state index >= 15 is 0 Å². The van der Waals surface area contributed by atoms with Gasteiger partial charge in [0.1, 0.15) is 5.58 Å². The van der Waals surface area contributed by atoms with Crippen molar-refractivity contribution in [1.29, 1.82) is 0 Å². The van der Waals surface area contributed by atoms with E-state index in [1.54, 1.807) is 0 Å². The summed E-state index contributed by atoms with van der Waals surface area (Å²) >= 11 is 1.87. The second-order valence-corrected chi connectivity index (χ2v) is 15.9. The monoisotopic (exact) mass is 758 g/mol. The zero-order valence-corrected chi connectivity index (χ0v) is 32.2. The van der Waals surface area contributed by atoms with E-state index in [4.69, 9.17) is 4.42 Å². The largest absolute Gasteiger partial charge is 0.454 e. The van der Waals surface area contributed by atoms with Crippen LogP contribution in [0.5, 0.6) is 0 Å². The van der Waals surface area contributed by atoms with Crippen LogP contribution in [0, 0.1) is 0 Å². The third-order valence-electron chi connectivity index (χ3n) is 11.6. The normalized spacial score (nSPS) is 11.8. The van der Waals surface area contributed by atoms with Gasteiger partial charge < -0.3 is 13.9 Å². The predicted octanol–water partition coefficient (Wildman–Crippen LogP) is 15.9. The maximum atomic E-state index is 6.72. The summed E-state index contributed by atoms with van der Waals surface area (Å²) in [6.45, 7) is 0. The highest BCUT2D eigenvalue weighted by Crippen LogP contribution is 2.49. The van der Waals surface area contributed by atoms with E-state index in [0.29, 0.717) is 0 Å². The zero-order chi connectivity index (χ0) is 38.2. The first kappa shape index (κ1) is 32.8. The van der Waals surface area contributed by atoms with Crippen molar-refractivity contribution < 1.29 is 4.42 Å². The summed E-state index contributed by atoms with van der Waals surface area (Å²) in [6, 6.07) is 74.2. The van der Waals surface area contributed by atoms with E-state index in [1.165, 1.54) is 58.7 Å². The first-order valence-corrected chi connectivity index (χ1v) is 20.5. The molecule has 0 bridgehead atoms. The van der Waals surface area contributed by atoms with Crippen LogP contribution < -0.4 is 4.90 Å². The molecular weight excluding hydrogens is 725 g/mol. The second-order valence-electron chi connectivity index (χ2n) is 14.9. The van der Waals surface area contributed by atoms with Gasteiger partial charge in [-0.1, -0.05) is 152 Å². The number of benzene rings is 9. The molecule has 3 aromatic heterocycles. The Morgan fingerprint density at radius 1 is 0.397 bits per heavy atom. The Morgan fingerprint density at radius 3 is 1.84 bits per heavy atom. The molecule has 0 aliphatic carbocycles. The van der Waals surface area contributed by atoms with Gasteiger partial charge in [-0.25, -0.2) is 0 Å². The average Bonchev–Trinajstić information content (AvgIpc) is 3.98. The lowest BCUT2D eigenvalue weighted by atomic mass is 10.0. The van der Waals surface area contributed by atoms with Gasteiger partial charge in [-0.3, -0.25) is 0 Å². The third-order valence-corrected chi connectivity index (χ3v) is 12.9. The van der Waals surface area contributed by atoms with Crippen LogP contribution in [0.3, 0.4) is 0 Å². The number of furan rings is 1. The first-order chi connectivity index (χ1) is 28.8. The lowest BCUT2D eigenvalue weighted by Gasteiger charge is -2.26. The SMILES string of the molecule is c1ccc(-c2cccc3c2sc2c(N(c4ccc(-c5ccc6c7ccccc7n(-c7ccccc7)c6c5)cc4)c4cccc5c4oc4ccccc45)cccc23)cc1. The van der Waals surface area contributed by atoms with Crippen LogP contribution in [0.4, 0.5) is 17.1 Å². The summed E-state index contributed by atoms with van der Waals surface area (Å²) in [4.78, 5) is 2.39. The fourth-order valence-corrected chi connectivity index (χ4v) is 10.3. The molecule has 0 atom stereocenters. The number of rotatable bonds is 6. The highest BCUT2D eigenvalue weighted by atomic mass is 32.1. The molecule has 12 aromatic rings. The van der Waals surface area contributed by atoms with E-state index in [1.807, 2.05) is 17.4 Å². The number of para-hydroxylation sites is 4. The van der Waals surface area contributed by atoms with Gasteiger partial charge in [0.15, 0.2) is 5.58 Å². The predicted molar refractivity (Wildman–Crippen MR) is 247 cm³/mol. The first-order valence-electron chi connectivity index (χ1n) is 19.7. The minimum Gasteiger partial charge on any atom is -0.454 e. The molecule has 12 rings (SSSR count). The summed E-state index contributed by atoms with van der Waals surface area (Å²) in [5, 5.41) is 7.23. The molecule has 0 fully saturated rings. The lowest BCUT2D eigenvalue weighted by molar-refractivity contribution is 0.669. The molecule has 0 N–H and O–H groups in total. The molecule has 3 nitrogen and oxygen atoms in total. The Hall–Kier alpha value is -7.40. The van der Waals surface area contributed by atoms with Crippen molar-refractivity contribution in [3.05, 3.63) is 206 Å². The fourth-order valence-electron chi connectivity index (χ4n) is 8.95. The summed E-state index contributed by atoms with van der Waals surface area (Å²) in [5.74, 6) is 0. The van der Waals surface area contributed by atoms with Crippen LogP contribution in [-0.2, 0) is 0 Å². The Kier molecular flexibility index (Phi) is 7.40. The van der Waals surface area contributed by atoms with Crippen LogP contribution in [-0.4, -0.2) is 4.57 Å². The van der Waals surface area contributed by atoms with Crippen LogP contribution >= 0.6 is 11.3 Å². The summed E-state index contributed by atoms with van der Waals surface area (Å²) in [6.07, 6.45) is 0. The van der Waals surface area contributed by atoms with Gasteiger partial charge >= 0.3 is 0 Å². The highest BCUT2D eigenvalue weighted by molar-refractivity contribution is 7.27. The van der Waals surface area contributed by atoms with Crippen molar-refractivity contribution in [2.75, 3.05) is 4.90 Å². The molecule has 272 valence electrons. The van der Waals surface area contributed by atoms with Gasteiger partial charge in [0.25, 0.3) is 0 Å². The van der Waals surface area contributed by atoms with Crippen molar-refractivity contribution in [3.8, 4) is 27.9 Å². The van der Waals surface area contributed by atoms with Gasteiger partial charge in [0.2, 0.25) is 0 Å². The van der Waals surface area contributed by atoms with Gasteiger partial charge in [0.05, 0.1) is 27.1 Å². The molecule has 0 aliphatic rings. The van der Waals surface area contributed by atoms with E-state index < -0.39 is 0 Å².